The zero-order valence-electron chi connectivity index (χ0n) is 37.5. The first kappa shape index (κ1) is 46.3. The number of pyridine rings is 1. The first-order valence-electron chi connectivity index (χ1n) is 23.1. The van der Waals surface area contributed by atoms with Crippen LogP contribution in [0, 0.1) is 17.7 Å². The molecule has 348 valence electrons. The van der Waals surface area contributed by atoms with Crippen molar-refractivity contribution in [3.05, 3.63) is 95.4 Å². The molecule has 3 aliphatic heterocycles. The monoisotopic (exact) mass is 904 g/mol. The first-order chi connectivity index (χ1) is 31.9. The highest BCUT2D eigenvalue weighted by Crippen LogP contribution is 2.41. The number of carbonyl (C=O) groups is 6. The van der Waals surface area contributed by atoms with E-state index in [4.69, 9.17) is 14.2 Å². The lowest BCUT2D eigenvalue weighted by Crippen LogP contribution is -2.54. The van der Waals surface area contributed by atoms with Crippen molar-refractivity contribution in [1.82, 2.24) is 20.1 Å². The van der Waals surface area contributed by atoms with Crippen LogP contribution in [0.5, 0.6) is 5.75 Å². The number of halogens is 1. The average molecular weight is 905 g/mol. The third kappa shape index (κ3) is 10.5. The third-order valence-electron chi connectivity index (χ3n) is 13.5. The Kier molecular flexibility index (Phi) is 14.7. The number of benzene rings is 3. The lowest BCUT2D eigenvalue weighted by atomic mass is 9.73. The van der Waals surface area contributed by atoms with Gasteiger partial charge < -0.3 is 29.3 Å². The van der Waals surface area contributed by atoms with Crippen molar-refractivity contribution in [2.75, 3.05) is 63.3 Å². The molecule has 0 bridgehead atoms. The van der Waals surface area contributed by atoms with E-state index in [0.29, 0.717) is 75.3 Å². The summed E-state index contributed by atoms with van der Waals surface area (Å²) in [7, 11) is 1.79. The molecule has 1 aromatic heterocycles. The highest BCUT2D eigenvalue weighted by Gasteiger charge is 2.46. The van der Waals surface area contributed by atoms with Crippen LogP contribution in [0.1, 0.15) is 96.9 Å². The molecule has 2 atom stereocenters. The van der Waals surface area contributed by atoms with Gasteiger partial charge in [-0.2, -0.15) is 0 Å². The van der Waals surface area contributed by atoms with Gasteiger partial charge in [0, 0.05) is 69.1 Å². The number of nitrogens with one attached hydrogen (secondary N) is 2. The summed E-state index contributed by atoms with van der Waals surface area (Å²) in [5, 5.41) is 6.17. The van der Waals surface area contributed by atoms with E-state index in [1.807, 2.05) is 47.1 Å². The van der Waals surface area contributed by atoms with Crippen molar-refractivity contribution >= 4 is 57.7 Å². The molecule has 4 heterocycles. The number of anilines is 2. The van der Waals surface area contributed by atoms with Crippen LogP contribution in [0.4, 0.5) is 15.8 Å². The molecule has 1 saturated carbocycles. The van der Waals surface area contributed by atoms with Crippen LogP contribution in [0.3, 0.4) is 0 Å². The number of imide groups is 2. The maximum absolute atomic E-state index is 14.0. The number of amides is 6. The first-order valence-corrected chi connectivity index (χ1v) is 23.1. The molecule has 0 radical (unpaired) electrons. The molecule has 3 fully saturated rings. The van der Waals surface area contributed by atoms with E-state index >= 15 is 0 Å². The Balaban J connectivity index is 0.681. The Bertz CT molecular complexity index is 2450. The molecule has 4 aromatic rings. The number of aromatic nitrogens is 1. The van der Waals surface area contributed by atoms with Crippen LogP contribution < -0.4 is 20.3 Å². The van der Waals surface area contributed by atoms with Gasteiger partial charge in [0.2, 0.25) is 23.6 Å². The minimum atomic E-state index is -1.03. The summed E-state index contributed by atoms with van der Waals surface area (Å²) in [6, 6.07) is 18.2. The second kappa shape index (κ2) is 20.9. The van der Waals surface area contributed by atoms with E-state index in [1.54, 1.807) is 43.6 Å². The van der Waals surface area contributed by atoms with Crippen LogP contribution in [0.25, 0.3) is 10.9 Å². The number of carbonyl (C=O) groups excluding carboxylic acids is 6. The number of piperidine rings is 2. The number of likely N-dealkylation sites (N-methyl/N-ethyl adjacent to an activating group) is 1. The maximum Gasteiger partial charge on any atom is 0.264 e. The predicted molar refractivity (Wildman–Crippen MR) is 244 cm³/mol. The summed E-state index contributed by atoms with van der Waals surface area (Å²) in [6.45, 7) is 4.79. The third-order valence-corrected chi connectivity index (χ3v) is 13.5. The topological polar surface area (TPSA) is 177 Å². The van der Waals surface area contributed by atoms with Gasteiger partial charge >= 0.3 is 0 Å². The molecular weight excluding hydrogens is 848 g/mol. The molecule has 6 amide bonds. The van der Waals surface area contributed by atoms with Gasteiger partial charge in [0.15, 0.2) is 0 Å². The molecule has 4 aliphatic rings. The largest absolute Gasteiger partial charge is 0.490 e. The van der Waals surface area contributed by atoms with E-state index in [0.717, 1.165) is 47.0 Å². The zero-order valence-corrected chi connectivity index (χ0v) is 37.5. The predicted octanol–water partition coefficient (Wildman–Crippen LogP) is 6.25. The smallest absolute Gasteiger partial charge is 0.264 e. The van der Waals surface area contributed by atoms with E-state index in [-0.39, 0.29) is 72.6 Å². The van der Waals surface area contributed by atoms with Gasteiger partial charge in [0.1, 0.15) is 23.7 Å². The Hall–Kier alpha value is -6.26. The van der Waals surface area contributed by atoms with Crippen molar-refractivity contribution in [2.45, 2.75) is 82.8 Å². The molecule has 2 N–H and O–H groups in total. The van der Waals surface area contributed by atoms with Gasteiger partial charge in [-0.25, -0.2) is 4.39 Å². The standard InChI is InChI=1S/C50H57FN6O9/c1-31(32-6-8-33(9-7-32)38-18-22-52-41-15-10-34(51)30-40(38)41)47(60)53-35-11-13-36(14-12-35)66-37-19-23-56(24-20-37)45(59)21-26-64-28-29-65-27-25-55(2)42-5-3-4-39-46(42)50(63)57(49(39)62)43-16-17-44(58)54-48(43)61/h3-5,10-15,18,22,30-33,37,43H,6-9,16-17,19-21,23-29H2,1-2H3,(H,53,60)(H,54,58,61)/t31-,32?,33?,43?/m1/s1. The molecule has 66 heavy (non-hydrogen) atoms. The molecule has 8 rings (SSSR count). The normalized spacial score (nSPS) is 20.6. The van der Waals surface area contributed by atoms with Gasteiger partial charge in [-0.3, -0.25) is 44.0 Å². The number of hydrogen-bond acceptors (Lipinski definition) is 11. The highest BCUT2D eigenvalue weighted by molar-refractivity contribution is 6.25. The molecule has 15 nitrogen and oxygen atoms in total. The fourth-order valence-corrected chi connectivity index (χ4v) is 9.71. The lowest BCUT2D eigenvalue weighted by Gasteiger charge is -2.32. The molecule has 16 heteroatoms. The quantitative estimate of drug-likeness (QED) is 0.0905. The van der Waals surface area contributed by atoms with Crippen molar-refractivity contribution in [2.24, 2.45) is 11.8 Å². The van der Waals surface area contributed by atoms with E-state index in [2.05, 4.69) is 15.6 Å². The number of hydrogen-bond donors (Lipinski definition) is 2. The Morgan fingerprint density at radius 1 is 0.879 bits per heavy atom. The van der Waals surface area contributed by atoms with Crippen LogP contribution in [0.2, 0.25) is 0 Å². The fraction of sp³-hybridized carbons (Fsp3) is 0.460. The summed E-state index contributed by atoms with van der Waals surface area (Å²) in [5.74, 6) is -1.28. The maximum atomic E-state index is 14.0. The van der Waals surface area contributed by atoms with Gasteiger partial charge in [-0.05, 0) is 110 Å². The molecule has 1 unspecified atom stereocenters. The lowest BCUT2D eigenvalue weighted by molar-refractivity contribution is -0.136. The number of nitrogens with zero attached hydrogens (tertiary/aromatic N) is 4. The average Bonchev–Trinajstić information content (AvgIpc) is 3.58. The molecule has 0 spiro atoms. The highest BCUT2D eigenvalue weighted by atomic mass is 19.1. The van der Waals surface area contributed by atoms with Crippen molar-refractivity contribution in [1.29, 1.82) is 0 Å². The van der Waals surface area contributed by atoms with Gasteiger partial charge in [0.25, 0.3) is 11.8 Å². The number of fused-ring (bicyclic) bond motifs is 2. The summed E-state index contributed by atoms with van der Waals surface area (Å²) >= 11 is 0. The van der Waals surface area contributed by atoms with E-state index in [1.165, 1.54) is 6.07 Å². The van der Waals surface area contributed by atoms with Gasteiger partial charge in [0.05, 0.1) is 55.2 Å². The Morgan fingerprint density at radius 3 is 2.36 bits per heavy atom. The number of rotatable bonds is 17. The van der Waals surface area contributed by atoms with Crippen molar-refractivity contribution in [3.8, 4) is 5.75 Å². The van der Waals surface area contributed by atoms with Gasteiger partial charge in [-0.1, -0.05) is 13.0 Å². The van der Waals surface area contributed by atoms with Crippen molar-refractivity contribution < 1.29 is 47.4 Å². The second-order valence-electron chi connectivity index (χ2n) is 17.7. The van der Waals surface area contributed by atoms with Crippen LogP contribution in [-0.4, -0.2) is 115 Å². The minimum Gasteiger partial charge on any atom is -0.490 e. The second-order valence-corrected chi connectivity index (χ2v) is 17.7. The summed E-state index contributed by atoms with van der Waals surface area (Å²) < 4.78 is 31.7. The van der Waals surface area contributed by atoms with E-state index in [9.17, 15) is 33.2 Å². The Morgan fingerprint density at radius 2 is 1.62 bits per heavy atom. The number of likely N-dealkylation sites (tertiary alicyclic amines) is 1. The summed E-state index contributed by atoms with van der Waals surface area (Å²) in [5.41, 5.74) is 3.64. The van der Waals surface area contributed by atoms with Crippen LogP contribution in [0.15, 0.2) is 72.9 Å². The van der Waals surface area contributed by atoms with Gasteiger partial charge in [-0.15, -0.1) is 0 Å². The zero-order chi connectivity index (χ0) is 46.3. The molecule has 2 saturated heterocycles. The molecule has 1 aliphatic carbocycles. The van der Waals surface area contributed by atoms with Crippen LogP contribution in [-0.2, 0) is 28.7 Å². The summed E-state index contributed by atoms with van der Waals surface area (Å²) in [4.78, 5) is 85.9. The molecule has 3 aromatic carbocycles. The Labute approximate surface area is 383 Å². The molecular formula is C50H57FN6O9. The van der Waals surface area contributed by atoms with Crippen molar-refractivity contribution in [3.63, 3.8) is 0 Å². The fourth-order valence-electron chi connectivity index (χ4n) is 9.71. The summed E-state index contributed by atoms with van der Waals surface area (Å²) in [6.07, 6.45) is 7.32. The number of ether oxygens (including phenoxy) is 3. The van der Waals surface area contributed by atoms with E-state index < -0.39 is 29.7 Å². The SMILES string of the molecule is C[C@@H](C(=O)Nc1ccc(OC2CCN(C(=O)CCOCCOCCN(C)c3cccc4c3C(=O)N(C3CCC(=O)NC3=O)C4=O)CC2)cc1)C1CCC(c2ccnc3ccc(F)cc23)CC1. The minimum absolute atomic E-state index is 0.00371. The van der Waals surface area contributed by atoms with Crippen LogP contribution >= 0.6 is 0 Å².